The van der Waals surface area contributed by atoms with Crippen LogP contribution in [0, 0.1) is 6.92 Å². The summed E-state index contributed by atoms with van der Waals surface area (Å²) in [6.45, 7) is 2.52. The predicted octanol–water partition coefficient (Wildman–Crippen LogP) is 5.37. The molecule has 3 nitrogen and oxygen atoms in total. The molecule has 0 aliphatic heterocycles. The summed E-state index contributed by atoms with van der Waals surface area (Å²) in [5, 5.41) is 14.3. The first-order chi connectivity index (χ1) is 10.1. The molecule has 0 bridgehead atoms. The number of rotatable bonds is 3. The average Bonchev–Trinajstić information content (AvgIpc) is 2.78. The molecule has 0 amide bonds. The summed E-state index contributed by atoms with van der Waals surface area (Å²) in [4.78, 5) is 0. The van der Waals surface area contributed by atoms with Crippen LogP contribution in [0.3, 0.4) is 0 Å². The maximum atomic E-state index is 9.56. The number of benzene rings is 2. The van der Waals surface area contributed by atoms with Crippen LogP contribution in [0.1, 0.15) is 11.3 Å². The van der Waals surface area contributed by atoms with Crippen LogP contribution in [0.25, 0.3) is 11.0 Å². The van der Waals surface area contributed by atoms with E-state index in [1.54, 1.807) is 12.1 Å². The summed E-state index contributed by atoms with van der Waals surface area (Å²) in [5.74, 6) is 0.772. The maximum absolute atomic E-state index is 9.56. The molecule has 1 heterocycles. The van der Waals surface area contributed by atoms with Crippen LogP contribution in [-0.4, -0.2) is 5.11 Å². The van der Waals surface area contributed by atoms with Crippen LogP contribution in [0.2, 0.25) is 10.0 Å². The molecule has 108 valence electrons. The van der Waals surface area contributed by atoms with Gasteiger partial charge in [-0.1, -0.05) is 41.4 Å². The van der Waals surface area contributed by atoms with E-state index >= 15 is 0 Å². The molecular weight excluding hydrogens is 309 g/mol. The van der Waals surface area contributed by atoms with Crippen molar-refractivity contribution in [3.8, 4) is 5.75 Å². The van der Waals surface area contributed by atoms with Crippen LogP contribution in [0.4, 0.5) is 5.69 Å². The standard InChI is InChI=1S/C16H13Cl2NO2/c1-9-12(11-4-2-3-5-15(11)21-9)8-19-10-6-13(17)16(20)14(18)7-10/h2-7,19-20H,8H2,1H3. The van der Waals surface area contributed by atoms with Crippen LogP contribution < -0.4 is 5.32 Å². The second-order valence-corrected chi connectivity index (χ2v) is 5.59. The molecule has 0 aliphatic carbocycles. The minimum absolute atomic E-state index is 0.103. The number of para-hydroxylation sites is 1. The van der Waals surface area contributed by atoms with Gasteiger partial charge in [-0.15, -0.1) is 0 Å². The van der Waals surface area contributed by atoms with E-state index in [1.807, 2.05) is 31.2 Å². The molecule has 21 heavy (non-hydrogen) atoms. The average molecular weight is 322 g/mol. The number of aryl methyl sites for hydroxylation is 1. The Morgan fingerprint density at radius 3 is 2.52 bits per heavy atom. The van der Waals surface area contributed by atoms with Gasteiger partial charge in [0.05, 0.1) is 10.0 Å². The van der Waals surface area contributed by atoms with Gasteiger partial charge in [0.2, 0.25) is 0 Å². The number of hydrogen-bond acceptors (Lipinski definition) is 3. The molecule has 0 spiro atoms. The van der Waals surface area contributed by atoms with Crippen molar-refractivity contribution in [2.24, 2.45) is 0 Å². The summed E-state index contributed by atoms with van der Waals surface area (Å²) in [6.07, 6.45) is 0. The van der Waals surface area contributed by atoms with Gasteiger partial charge in [0.25, 0.3) is 0 Å². The molecule has 0 atom stereocenters. The third-order valence-corrected chi connectivity index (χ3v) is 3.96. The molecule has 5 heteroatoms. The summed E-state index contributed by atoms with van der Waals surface area (Å²) in [5.41, 5.74) is 2.70. The Morgan fingerprint density at radius 1 is 1.14 bits per heavy atom. The molecule has 3 rings (SSSR count). The summed E-state index contributed by atoms with van der Waals surface area (Å²) >= 11 is 11.8. The minimum atomic E-state index is -0.103. The van der Waals surface area contributed by atoms with E-state index in [0.717, 1.165) is 28.0 Å². The smallest absolute Gasteiger partial charge is 0.152 e. The quantitative estimate of drug-likeness (QED) is 0.638. The van der Waals surface area contributed by atoms with Crippen molar-refractivity contribution < 1.29 is 9.52 Å². The lowest BCUT2D eigenvalue weighted by molar-refractivity contribution is 0.476. The zero-order valence-corrected chi connectivity index (χ0v) is 12.8. The molecular formula is C16H13Cl2NO2. The molecule has 3 aromatic rings. The van der Waals surface area contributed by atoms with Crippen molar-refractivity contribution >= 4 is 39.9 Å². The van der Waals surface area contributed by atoms with Crippen LogP contribution >= 0.6 is 23.2 Å². The fourth-order valence-corrected chi connectivity index (χ4v) is 2.79. The Balaban J connectivity index is 1.88. The lowest BCUT2D eigenvalue weighted by Gasteiger charge is -2.09. The maximum Gasteiger partial charge on any atom is 0.152 e. The van der Waals surface area contributed by atoms with Crippen LogP contribution in [-0.2, 0) is 6.54 Å². The summed E-state index contributed by atoms with van der Waals surface area (Å²) in [7, 11) is 0. The molecule has 0 fully saturated rings. The van der Waals surface area contributed by atoms with E-state index in [0.29, 0.717) is 6.54 Å². The SMILES string of the molecule is Cc1oc2ccccc2c1CNc1cc(Cl)c(O)c(Cl)c1. The van der Waals surface area contributed by atoms with Gasteiger partial charge < -0.3 is 14.8 Å². The van der Waals surface area contributed by atoms with E-state index in [4.69, 9.17) is 27.6 Å². The van der Waals surface area contributed by atoms with Gasteiger partial charge in [0, 0.05) is 23.2 Å². The van der Waals surface area contributed by atoms with Gasteiger partial charge in [0.1, 0.15) is 11.3 Å². The molecule has 0 radical (unpaired) electrons. The zero-order chi connectivity index (χ0) is 15.0. The van der Waals surface area contributed by atoms with E-state index in [9.17, 15) is 5.11 Å². The van der Waals surface area contributed by atoms with E-state index < -0.39 is 0 Å². The topological polar surface area (TPSA) is 45.4 Å². The number of phenolic OH excluding ortho intramolecular Hbond substituents is 1. The third-order valence-electron chi connectivity index (χ3n) is 3.39. The number of nitrogens with one attached hydrogen (secondary N) is 1. The van der Waals surface area contributed by atoms with Gasteiger partial charge >= 0.3 is 0 Å². The molecule has 0 saturated carbocycles. The van der Waals surface area contributed by atoms with Crippen LogP contribution in [0.15, 0.2) is 40.8 Å². The van der Waals surface area contributed by atoms with Gasteiger partial charge in [-0.2, -0.15) is 0 Å². The fourth-order valence-electron chi connectivity index (χ4n) is 2.30. The van der Waals surface area contributed by atoms with Gasteiger partial charge in [-0.05, 0) is 25.1 Å². The second-order valence-electron chi connectivity index (χ2n) is 4.78. The Labute approximate surface area is 132 Å². The lowest BCUT2D eigenvalue weighted by Crippen LogP contribution is -2.00. The molecule has 0 saturated heterocycles. The molecule has 2 N–H and O–H groups in total. The summed E-state index contributed by atoms with van der Waals surface area (Å²) in [6, 6.07) is 11.2. The highest BCUT2D eigenvalue weighted by Crippen LogP contribution is 2.35. The number of halogens is 2. The highest BCUT2D eigenvalue weighted by molar-refractivity contribution is 6.37. The Hall–Kier alpha value is -1.84. The van der Waals surface area contributed by atoms with E-state index in [1.165, 1.54) is 0 Å². The van der Waals surface area contributed by atoms with Gasteiger partial charge in [-0.3, -0.25) is 0 Å². The number of anilines is 1. The Kier molecular flexibility index (Phi) is 3.70. The normalized spacial score (nSPS) is 11.0. The lowest BCUT2D eigenvalue weighted by atomic mass is 10.1. The Morgan fingerprint density at radius 2 is 1.81 bits per heavy atom. The second kappa shape index (κ2) is 5.51. The van der Waals surface area contributed by atoms with Gasteiger partial charge in [0.15, 0.2) is 5.75 Å². The first-order valence-corrected chi connectivity index (χ1v) is 7.20. The van der Waals surface area contributed by atoms with Crippen LogP contribution in [0.5, 0.6) is 5.75 Å². The zero-order valence-electron chi connectivity index (χ0n) is 11.3. The van der Waals surface area contributed by atoms with Crippen molar-refractivity contribution in [2.75, 3.05) is 5.32 Å². The summed E-state index contributed by atoms with van der Waals surface area (Å²) < 4.78 is 5.72. The molecule has 1 aromatic heterocycles. The molecule has 0 unspecified atom stereocenters. The number of hydrogen-bond donors (Lipinski definition) is 2. The Bertz CT molecular complexity index is 788. The fraction of sp³-hybridized carbons (Fsp3) is 0.125. The highest BCUT2D eigenvalue weighted by Gasteiger charge is 2.11. The third kappa shape index (κ3) is 2.67. The van der Waals surface area contributed by atoms with E-state index in [2.05, 4.69) is 5.32 Å². The number of aromatic hydroxyl groups is 1. The van der Waals surface area contributed by atoms with Crippen molar-refractivity contribution in [3.63, 3.8) is 0 Å². The van der Waals surface area contributed by atoms with E-state index in [-0.39, 0.29) is 15.8 Å². The minimum Gasteiger partial charge on any atom is -0.505 e. The largest absolute Gasteiger partial charge is 0.505 e. The monoisotopic (exact) mass is 321 g/mol. The van der Waals surface area contributed by atoms with Crippen molar-refractivity contribution in [2.45, 2.75) is 13.5 Å². The molecule has 0 aliphatic rings. The first-order valence-electron chi connectivity index (χ1n) is 6.45. The first kappa shape index (κ1) is 14.1. The number of fused-ring (bicyclic) bond motifs is 1. The highest BCUT2D eigenvalue weighted by atomic mass is 35.5. The van der Waals surface area contributed by atoms with Crippen molar-refractivity contribution in [1.29, 1.82) is 0 Å². The number of phenols is 1. The number of furan rings is 1. The van der Waals surface area contributed by atoms with Crippen molar-refractivity contribution in [1.82, 2.24) is 0 Å². The molecule has 2 aromatic carbocycles. The van der Waals surface area contributed by atoms with Crippen molar-refractivity contribution in [3.05, 3.63) is 57.8 Å². The van der Waals surface area contributed by atoms with Gasteiger partial charge in [-0.25, -0.2) is 0 Å². The predicted molar refractivity (Wildman–Crippen MR) is 86.4 cm³/mol.